The molecule has 0 bridgehead atoms. The lowest BCUT2D eigenvalue weighted by molar-refractivity contribution is 0.0697. The minimum Gasteiger partial charge on any atom is -0.488 e. The quantitative estimate of drug-likeness (QED) is 0.319. The van der Waals surface area contributed by atoms with Gasteiger partial charge in [0.15, 0.2) is 0 Å². The lowest BCUT2D eigenvalue weighted by Crippen LogP contribution is -2.24. The minimum absolute atomic E-state index is 0.218. The molecule has 0 fully saturated rings. The van der Waals surface area contributed by atoms with E-state index < -0.39 is 12.0 Å². The summed E-state index contributed by atoms with van der Waals surface area (Å²) in [6.07, 6.45) is 1.49. The summed E-state index contributed by atoms with van der Waals surface area (Å²) in [5, 5.41) is 15.7. The van der Waals surface area contributed by atoms with Crippen molar-refractivity contribution in [1.82, 2.24) is 5.43 Å². The van der Waals surface area contributed by atoms with Gasteiger partial charge >= 0.3 is 12.0 Å². The van der Waals surface area contributed by atoms with E-state index in [-0.39, 0.29) is 12.2 Å². The molecule has 0 aromatic heterocycles. The maximum absolute atomic E-state index is 12.1. The van der Waals surface area contributed by atoms with Crippen LogP contribution in [-0.2, 0) is 6.61 Å². The van der Waals surface area contributed by atoms with E-state index in [1.54, 1.807) is 18.2 Å². The number of halogens is 1. The second kappa shape index (κ2) is 10.4. The Balaban J connectivity index is 1.63. The summed E-state index contributed by atoms with van der Waals surface area (Å²) in [6, 6.07) is 18.9. The number of benzene rings is 3. The molecule has 0 aliphatic heterocycles. The van der Waals surface area contributed by atoms with Gasteiger partial charge in [0.25, 0.3) is 0 Å². The number of hydrogen-bond acceptors (Lipinski definition) is 4. The molecule has 7 nitrogen and oxygen atoms in total. The Morgan fingerprint density at radius 2 is 1.84 bits per heavy atom. The Labute approximate surface area is 187 Å². The number of nitrogens with one attached hydrogen (secondary N) is 2. The van der Waals surface area contributed by atoms with Crippen LogP contribution in [0, 0.1) is 6.92 Å². The largest absolute Gasteiger partial charge is 0.488 e. The summed E-state index contributed by atoms with van der Waals surface area (Å²) in [6.45, 7) is 2.16. The number of rotatable bonds is 7. The number of hydrazone groups is 1. The summed E-state index contributed by atoms with van der Waals surface area (Å²) >= 11 is 3.41. The zero-order valence-corrected chi connectivity index (χ0v) is 18.2. The molecule has 0 heterocycles. The highest BCUT2D eigenvalue weighted by atomic mass is 79.9. The number of carbonyl (C=O) groups excluding carboxylic acids is 1. The predicted octanol–water partition coefficient (Wildman–Crippen LogP) is 5.19. The van der Waals surface area contributed by atoms with Gasteiger partial charge in [0.1, 0.15) is 12.4 Å². The van der Waals surface area contributed by atoms with Crippen molar-refractivity contribution in [2.24, 2.45) is 5.10 Å². The molecule has 0 atom stereocenters. The molecule has 158 valence electrons. The lowest BCUT2D eigenvalue weighted by atomic mass is 10.1. The van der Waals surface area contributed by atoms with Gasteiger partial charge in [0.05, 0.1) is 11.8 Å². The van der Waals surface area contributed by atoms with Crippen LogP contribution in [0.4, 0.5) is 10.5 Å². The molecule has 3 N–H and O–H groups in total. The standard InChI is InChI=1S/C23H20BrN3O4/c1-15-4-2-3-5-20(15)26-23(30)27-25-13-18-12-19(24)10-11-21(18)31-14-16-6-8-17(9-7-16)22(28)29/h2-13H,14H2,1H3,(H,28,29)(H2,26,27,30). The molecule has 3 aromatic rings. The molecular formula is C23H20BrN3O4. The van der Waals surface area contributed by atoms with E-state index in [2.05, 4.69) is 31.8 Å². The second-order valence-corrected chi connectivity index (χ2v) is 7.53. The number of anilines is 1. The number of amides is 2. The van der Waals surface area contributed by atoms with Gasteiger partial charge in [-0.3, -0.25) is 0 Å². The van der Waals surface area contributed by atoms with Crippen molar-refractivity contribution in [1.29, 1.82) is 0 Å². The van der Waals surface area contributed by atoms with Crippen LogP contribution >= 0.6 is 15.9 Å². The first-order valence-corrected chi connectivity index (χ1v) is 10.1. The lowest BCUT2D eigenvalue weighted by Gasteiger charge is -2.10. The molecule has 0 aliphatic rings. The third-order valence-electron chi connectivity index (χ3n) is 4.33. The summed E-state index contributed by atoms with van der Waals surface area (Å²) < 4.78 is 6.69. The molecule has 31 heavy (non-hydrogen) atoms. The molecule has 2 amide bonds. The Bertz CT molecular complexity index is 1110. The number of aryl methyl sites for hydroxylation is 1. The first kappa shape index (κ1) is 22.0. The number of para-hydroxylation sites is 1. The van der Waals surface area contributed by atoms with Gasteiger partial charge in [-0.2, -0.15) is 5.10 Å². The molecule has 0 aliphatic carbocycles. The van der Waals surface area contributed by atoms with E-state index in [1.807, 2.05) is 43.3 Å². The topological polar surface area (TPSA) is 100 Å². The highest BCUT2D eigenvalue weighted by Gasteiger charge is 2.06. The van der Waals surface area contributed by atoms with E-state index in [1.165, 1.54) is 18.3 Å². The zero-order chi connectivity index (χ0) is 22.2. The van der Waals surface area contributed by atoms with Crippen LogP contribution in [0.5, 0.6) is 5.75 Å². The molecule has 0 saturated heterocycles. The zero-order valence-electron chi connectivity index (χ0n) is 16.6. The molecule has 0 unspecified atom stereocenters. The fourth-order valence-corrected chi connectivity index (χ4v) is 3.06. The number of carbonyl (C=O) groups is 2. The Morgan fingerprint density at radius 3 is 2.55 bits per heavy atom. The highest BCUT2D eigenvalue weighted by Crippen LogP contribution is 2.23. The van der Waals surface area contributed by atoms with Crippen molar-refractivity contribution >= 4 is 39.8 Å². The number of urea groups is 1. The van der Waals surface area contributed by atoms with Gasteiger partial charge in [-0.25, -0.2) is 15.0 Å². The first-order valence-electron chi connectivity index (χ1n) is 9.32. The first-order chi connectivity index (χ1) is 14.9. The van der Waals surface area contributed by atoms with Crippen molar-refractivity contribution in [3.63, 3.8) is 0 Å². The van der Waals surface area contributed by atoms with Crippen LogP contribution in [0.25, 0.3) is 0 Å². The maximum Gasteiger partial charge on any atom is 0.339 e. The average molecular weight is 482 g/mol. The fourth-order valence-electron chi connectivity index (χ4n) is 2.68. The summed E-state index contributed by atoms with van der Waals surface area (Å²) in [5.74, 6) is -0.409. The molecule has 8 heteroatoms. The summed E-state index contributed by atoms with van der Waals surface area (Å²) in [7, 11) is 0. The Kier molecular flexibility index (Phi) is 7.40. The van der Waals surface area contributed by atoms with Crippen molar-refractivity contribution in [2.45, 2.75) is 13.5 Å². The fraction of sp³-hybridized carbons (Fsp3) is 0.0870. The van der Waals surface area contributed by atoms with Gasteiger partial charge in [0, 0.05) is 15.7 Å². The van der Waals surface area contributed by atoms with E-state index >= 15 is 0 Å². The second-order valence-electron chi connectivity index (χ2n) is 6.61. The molecular weight excluding hydrogens is 462 g/mol. The van der Waals surface area contributed by atoms with Crippen LogP contribution in [-0.4, -0.2) is 23.3 Å². The third-order valence-corrected chi connectivity index (χ3v) is 4.82. The number of carboxylic acid groups (broad SMARTS) is 1. The normalized spacial score (nSPS) is 10.6. The van der Waals surface area contributed by atoms with Crippen molar-refractivity contribution in [3.05, 3.63) is 93.5 Å². The molecule has 3 rings (SSSR count). The number of aromatic carboxylic acids is 1. The molecule has 3 aromatic carbocycles. The third kappa shape index (κ3) is 6.42. The highest BCUT2D eigenvalue weighted by molar-refractivity contribution is 9.10. The van der Waals surface area contributed by atoms with Gasteiger partial charge < -0.3 is 15.2 Å². The van der Waals surface area contributed by atoms with Crippen LogP contribution in [0.2, 0.25) is 0 Å². The van der Waals surface area contributed by atoms with Crippen molar-refractivity contribution < 1.29 is 19.4 Å². The van der Waals surface area contributed by atoms with Crippen LogP contribution in [0.1, 0.15) is 27.0 Å². The van der Waals surface area contributed by atoms with E-state index in [0.717, 1.165) is 15.6 Å². The van der Waals surface area contributed by atoms with Crippen LogP contribution in [0.3, 0.4) is 0 Å². The monoisotopic (exact) mass is 481 g/mol. The number of ether oxygens (including phenoxy) is 1. The summed E-state index contributed by atoms with van der Waals surface area (Å²) in [4.78, 5) is 23.0. The van der Waals surface area contributed by atoms with Crippen LogP contribution < -0.4 is 15.5 Å². The number of carboxylic acids is 1. The van der Waals surface area contributed by atoms with Gasteiger partial charge in [-0.05, 0) is 54.4 Å². The number of hydrogen-bond donors (Lipinski definition) is 3. The maximum atomic E-state index is 12.1. The van der Waals surface area contributed by atoms with E-state index in [4.69, 9.17) is 9.84 Å². The van der Waals surface area contributed by atoms with Gasteiger partial charge in [-0.15, -0.1) is 0 Å². The molecule has 0 radical (unpaired) electrons. The smallest absolute Gasteiger partial charge is 0.339 e. The SMILES string of the molecule is Cc1ccccc1NC(=O)NN=Cc1cc(Br)ccc1OCc1ccc(C(=O)O)cc1. The molecule has 0 saturated carbocycles. The van der Waals surface area contributed by atoms with Crippen molar-refractivity contribution in [3.8, 4) is 5.75 Å². The van der Waals surface area contributed by atoms with E-state index in [9.17, 15) is 9.59 Å². The van der Waals surface area contributed by atoms with Gasteiger partial charge in [-0.1, -0.05) is 46.3 Å². The molecule has 0 spiro atoms. The van der Waals surface area contributed by atoms with Crippen LogP contribution in [0.15, 0.2) is 76.3 Å². The van der Waals surface area contributed by atoms with E-state index in [0.29, 0.717) is 17.0 Å². The minimum atomic E-state index is -0.974. The van der Waals surface area contributed by atoms with Crippen molar-refractivity contribution in [2.75, 3.05) is 5.32 Å². The number of nitrogens with zero attached hydrogens (tertiary/aromatic N) is 1. The Morgan fingerprint density at radius 1 is 1.10 bits per heavy atom. The predicted molar refractivity (Wildman–Crippen MR) is 123 cm³/mol. The average Bonchev–Trinajstić information content (AvgIpc) is 2.75. The summed E-state index contributed by atoms with van der Waals surface area (Å²) in [5.41, 5.74) is 5.79. The van der Waals surface area contributed by atoms with Gasteiger partial charge in [0.2, 0.25) is 0 Å². The Hall–Kier alpha value is -3.65.